The van der Waals surface area contributed by atoms with Gasteiger partial charge < -0.3 is 15.0 Å². The molecule has 6 heteroatoms. The van der Waals surface area contributed by atoms with E-state index in [0.717, 1.165) is 31.1 Å². The Hall–Kier alpha value is -2.08. The lowest BCUT2D eigenvalue weighted by atomic mass is 10.0. The zero-order valence-electron chi connectivity index (χ0n) is 16.1. The topological polar surface area (TPSA) is 54.5 Å². The standard InChI is InChI=1S/C21H27N3O2S/c1-21(2,3)26-20(25)24-12-15-9-17(10-16(15)13-24)23-19-22-11-18(27-19)14-7-5-4-6-8-14/h4-8,11,15-17H,9-10,12-13H2,1-3H3,(H,22,23)/t15-,16+,17?. The normalized spacial score (nSPS) is 24.7. The van der Waals surface area contributed by atoms with Gasteiger partial charge >= 0.3 is 6.09 Å². The first-order valence-corrected chi connectivity index (χ1v) is 10.4. The molecule has 0 bridgehead atoms. The highest BCUT2D eigenvalue weighted by atomic mass is 32.1. The quantitative estimate of drug-likeness (QED) is 0.819. The highest BCUT2D eigenvalue weighted by Crippen LogP contribution is 2.40. The van der Waals surface area contributed by atoms with Crippen molar-refractivity contribution in [1.29, 1.82) is 0 Å². The van der Waals surface area contributed by atoms with Crippen LogP contribution in [0, 0.1) is 11.8 Å². The molecular weight excluding hydrogens is 358 g/mol. The van der Waals surface area contributed by atoms with Crippen molar-refractivity contribution in [3.8, 4) is 10.4 Å². The van der Waals surface area contributed by atoms with Crippen LogP contribution in [-0.2, 0) is 4.74 Å². The summed E-state index contributed by atoms with van der Waals surface area (Å²) in [5.74, 6) is 1.12. The maximum absolute atomic E-state index is 12.3. The van der Waals surface area contributed by atoms with Crippen LogP contribution in [0.4, 0.5) is 9.93 Å². The molecule has 1 aliphatic carbocycles. The first-order chi connectivity index (χ1) is 12.9. The average Bonchev–Trinajstić information content (AvgIpc) is 3.29. The molecule has 2 fully saturated rings. The third-order valence-electron chi connectivity index (χ3n) is 5.29. The van der Waals surface area contributed by atoms with Gasteiger partial charge in [0, 0.05) is 25.3 Å². The van der Waals surface area contributed by atoms with Crippen molar-refractivity contribution >= 4 is 22.6 Å². The first kappa shape index (κ1) is 18.3. The van der Waals surface area contributed by atoms with E-state index in [2.05, 4.69) is 34.6 Å². The number of rotatable bonds is 3. The Morgan fingerprint density at radius 1 is 1.19 bits per heavy atom. The highest BCUT2D eigenvalue weighted by molar-refractivity contribution is 7.18. The van der Waals surface area contributed by atoms with Gasteiger partial charge in [-0.05, 0) is 51.0 Å². The molecule has 144 valence electrons. The second-order valence-electron chi connectivity index (χ2n) is 8.61. The number of benzene rings is 1. The monoisotopic (exact) mass is 385 g/mol. The van der Waals surface area contributed by atoms with Gasteiger partial charge in [-0.1, -0.05) is 41.7 Å². The number of hydrogen-bond donors (Lipinski definition) is 1. The third kappa shape index (κ3) is 4.26. The Morgan fingerprint density at radius 2 is 1.85 bits per heavy atom. The number of likely N-dealkylation sites (tertiary alicyclic amines) is 1. The molecular formula is C21H27N3O2S. The van der Waals surface area contributed by atoms with Gasteiger partial charge in [0.15, 0.2) is 5.13 Å². The van der Waals surface area contributed by atoms with Gasteiger partial charge in [-0.25, -0.2) is 9.78 Å². The molecule has 1 aromatic carbocycles. The van der Waals surface area contributed by atoms with E-state index in [1.807, 2.05) is 37.9 Å². The number of thiazole rings is 1. The van der Waals surface area contributed by atoms with Crippen LogP contribution in [0.1, 0.15) is 33.6 Å². The number of nitrogens with one attached hydrogen (secondary N) is 1. The summed E-state index contributed by atoms with van der Waals surface area (Å²) in [6.07, 6.45) is 3.95. The Bertz CT molecular complexity index is 785. The number of hydrogen-bond acceptors (Lipinski definition) is 5. The van der Waals surface area contributed by atoms with E-state index in [9.17, 15) is 4.79 Å². The van der Waals surface area contributed by atoms with Crippen LogP contribution in [0.2, 0.25) is 0 Å². The van der Waals surface area contributed by atoms with Gasteiger partial charge in [0.2, 0.25) is 0 Å². The molecule has 0 spiro atoms. The summed E-state index contributed by atoms with van der Waals surface area (Å²) in [5, 5.41) is 4.60. The number of carbonyl (C=O) groups is 1. The molecule has 5 nitrogen and oxygen atoms in total. The van der Waals surface area contributed by atoms with Crippen molar-refractivity contribution in [1.82, 2.24) is 9.88 Å². The van der Waals surface area contributed by atoms with Crippen molar-refractivity contribution in [2.75, 3.05) is 18.4 Å². The van der Waals surface area contributed by atoms with Crippen LogP contribution in [0.25, 0.3) is 10.4 Å². The van der Waals surface area contributed by atoms with E-state index in [-0.39, 0.29) is 6.09 Å². The maximum atomic E-state index is 12.3. The van der Waals surface area contributed by atoms with E-state index < -0.39 is 5.60 Å². The fourth-order valence-corrected chi connectivity index (χ4v) is 5.04. The lowest BCUT2D eigenvalue weighted by Crippen LogP contribution is -2.36. The minimum absolute atomic E-state index is 0.172. The van der Waals surface area contributed by atoms with Crippen molar-refractivity contribution in [2.45, 2.75) is 45.3 Å². The number of nitrogens with zero attached hydrogens (tertiary/aromatic N) is 2. The number of carbonyl (C=O) groups excluding carboxylic acids is 1. The van der Waals surface area contributed by atoms with E-state index in [1.54, 1.807) is 11.3 Å². The summed E-state index contributed by atoms with van der Waals surface area (Å²) in [7, 11) is 0. The molecule has 4 rings (SSSR count). The first-order valence-electron chi connectivity index (χ1n) is 9.63. The van der Waals surface area contributed by atoms with Crippen molar-refractivity contribution in [2.24, 2.45) is 11.8 Å². The summed E-state index contributed by atoms with van der Waals surface area (Å²) < 4.78 is 5.52. The van der Waals surface area contributed by atoms with Crippen LogP contribution in [-0.4, -0.2) is 40.7 Å². The van der Waals surface area contributed by atoms with E-state index in [0.29, 0.717) is 17.9 Å². The van der Waals surface area contributed by atoms with Crippen molar-refractivity contribution < 1.29 is 9.53 Å². The van der Waals surface area contributed by atoms with Crippen LogP contribution in [0.15, 0.2) is 36.5 Å². The van der Waals surface area contributed by atoms with E-state index in [4.69, 9.17) is 4.74 Å². The Balaban J connectivity index is 1.31. The highest BCUT2D eigenvalue weighted by Gasteiger charge is 2.43. The van der Waals surface area contributed by atoms with Crippen molar-refractivity contribution in [3.63, 3.8) is 0 Å². The van der Waals surface area contributed by atoms with Gasteiger partial charge in [0.25, 0.3) is 0 Å². The fourth-order valence-electron chi connectivity index (χ4n) is 4.14. The molecule has 27 heavy (non-hydrogen) atoms. The Labute approximate surface area is 164 Å². The Morgan fingerprint density at radius 3 is 2.48 bits per heavy atom. The van der Waals surface area contributed by atoms with E-state index in [1.165, 1.54) is 10.4 Å². The predicted octanol–water partition coefficient (Wildman–Crippen LogP) is 4.87. The maximum Gasteiger partial charge on any atom is 0.410 e. The van der Waals surface area contributed by atoms with Crippen LogP contribution in [0.3, 0.4) is 0 Å². The molecule has 2 aliphatic rings. The lowest BCUT2D eigenvalue weighted by molar-refractivity contribution is 0.0280. The summed E-state index contributed by atoms with van der Waals surface area (Å²) in [4.78, 5) is 19.9. The largest absolute Gasteiger partial charge is 0.444 e. The molecule has 3 atom stereocenters. The number of anilines is 1. The zero-order valence-corrected chi connectivity index (χ0v) is 17.0. The number of aromatic nitrogens is 1. The van der Waals surface area contributed by atoms with E-state index >= 15 is 0 Å². The average molecular weight is 386 g/mol. The van der Waals surface area contributed by atoms with Gasteiger partial charge in [-0.2, -0.15) is 0 Å². The summed E-state index contributed by atoms with van der Waals surface area (Å²) in [6.45, 7) is 7.37. The SMILES string of the molecule is CC(C)(C)OC(=O)N1C[C@H]2CC(Nc3ncc(-c4ccccc4)s3)C[C@H]2C1. The second-order valence-corrected chi connectivity index (χ2v) is 9.64. The van der Waals surface area contributed by atoms with Crippen LogP contribution < -0.4 is 5.32 Å². The lowest BCUT2D eigenvalue weighted by Gasteiger charge is -2.25. The van der Waals surface area contributed by atoms with Crippen LogP contribution >= 0.6 is 11.3 Å². The van der Waals surface area contributed by atoms with Crippen molar-refractivity contribution in [3.05, 3.63) is 36.5 Å². The molecule has 1 aliphatic heterocycles. The molecule has 1 amide bonds. The molecule has 2 aromatic rings. The molecule has 1 N–H and O–H groups in total. The molecule has 1 saturated carbocycles. The predicted molar refractivity (Wildman–Crippen MR) is 109 cm³/mol. The van der Waals surface area contributed by atoms with Gasteiger partial charge in [0.05, 0.1) is 4.88 Å². The zero-order chi connectivity index (χ0) is 19.0. The van der Waals surface area contributed by atoms with Gasteiger partial charge in [0.1, 0.15) is 5.60 Å². The minimum atomic E-state index is -0.430. The van der Waals surface area contributed by atoms with Gasteiger partial charge in [-0.3, -0.25) is 0 Å². The number of fused-ring (bicyclic) bond motifs is 1. The molecule has 2 heterocycles. The summed E-state index contributed by atoms with van der Waals surface area (Å²) >= 11 is 1.71. The minimum Gasteiger partial charge on any atom is -0.444 e. The summed E-state index contributed by atoms with van der Waals surface area (Å²) in [5.41, 5.74) is 0.777. The fraction of sp³-hybridized carbons (Fsp3) is 0.524. The molecule has 1 saturated heterocycles. The molecule has 1 aromatic heterocycles. The molecule has 0 radical (unpaired) electrons. The Kier molecular flexibility index (Phi) is 4.84. The van der Waals surface area contributed by atoms with Crippen LogP contribution in [0.5, 0.6) is 0 Å². The summed E-state index contributed by atoms with van der Waals surface area (Å²) in [6, 6.07) is 10.8. The third-order valence-corrected chi connectivity index (χ3v) is 6.27. The number of amides is 1. The number of ether oxygens (including phenoxy) is 1. The second kappa shape index (κ2) is 7.15. The van der Waals surface area contributed by atoms with Gasteiger partial charge in [-0.15, -0.1) is 0 Å². The molecule has 1 unspecified atom stereocenters. The smallest absolute Gasteiger partial charge is 0.410 e.